The average molecular weight is 387 g/mol. The van der Waals surface area contributed by atoms with Crippen molar-refractivity contribution in [2.45, 2.75) is 18.2 Å². The molecule has 1 N–H and O–H groups in total. The van der Waals surface area contributed by atoms with Crippen LogP contribution in [0.25, 0.3) is 0 Å². The van der Waals surface area contributed by atoms with E-state index in [9.17, 15) is 21.6 Å². The quantitative estimate of drug-likeness (QED) is 0.573. The van der Waals surface area contributed by atoms with Crippen LogP contribution in [0.4, 0.5) is 0 Å². The third-order valence-corrected chi connectivity index (χ3v) is 7.58. The lowest BCUT2D eigenvalue weighted by Crippen LogP contribution is -2.28. The number of nitrogens with zero attached hydrogens (tertiary/aromatic N) is 2. The molecule has 1 saturated heterocycles. The summed E-state index contributed by atoms with van der Waals surface area (Å²) in [5, 5.41) is 3.98. The predicted molar refractivity (Wildman–Crippen MR) is 94.4 cm³/mol. The van der Waals surface area contributed by atoms with Gasteiger partial charge in [-0.2, -0.15) is 5.10 Å². The summed E-state index contributed by atoms with van der Waals surface area (Å²) in [4.78, 5) is 12.1. The van der Waals surface area contributed by atoms with Crippen LogP contribution in [0.15, 0.2) is 34.3 Å². The first-order chi connectivity index (χ1) is 11.5. The summed E-state index contributed by atoms with van der Waals surface area (Å²) in [5.41, 5.74) is 3.52. The minimum Gasteiger partial charge on any atom is -0.273 e. The highest BCUT2D eigenvalue weighted by atomic mass is 32.2. The average Bonchev–Trinajstić information content (AvgIpc) is 2.92. The van der Waals surface area contributed by atoms with Crippen LogP contribution < -0.4 is 5.43 Å². The van der Waals surface area contributed by atoms with Crippen LogP contribution in [0.3, 0.4) is 0 Å². The topological polar surface area (TPSA) is 113 Å². The maximum absolute atomic E-state index is 12.0. The van der Waals surface area contributed by atoms with Gasteiger partial charge in [0, 0.05) is 14.1 Å². The number of rotatable bonds is 5. The summed E-state index contributed by atoms with van der Waals surface area (Å²) in [6, 6.07) is 6.13. The molecule has 138 valence electrons. The van der Waals surface area contributed by atoms with Crippen LogP contribution in [-0.2, 0) is 24.7 Å². The molecule has 1 amide bonds. The predicted octanol–water partition coefficient (Wildman–Crippen LogP) is 0.212. The van der Waals surface area contributed by atoms with Gasteiger partial charge in [-0.15, -0.1) is 0 Å². The van der Waals surface area contributed by atoms with Gasteiger partial charge >= 0.3 is 0 Å². The Hall–Kier alpha value is -1.78. The summed E-state index contributed by atoms with van der Waals surface area (Å²) >= 11 is 0. The van der Waals surface area contributed by atoms with E-state index in [2.05, 4.69) is 10.5 Å². The number of hydrazone groups is 1. The second-order valence-corrected chi connectivity index (χ2v) is 10.5. The molecule has 0 aromatic heterocycles. The molecule has 0 radical (unpaired) electrons. The summed E-state index contributed by atoms with van der Waals surface area (Å²) in [6.45, 7) is 1.67. The standard InChI is InChI=1S/C15H21N3O5S2/c1-11(16-17-15(19)13-8-9-24(20,21)10-13)12-4-6-14(7-5-12)25(22,23)18(2)3/h4-7,13H,8-10H2,1-3H3,(H,17,19)/b16-11-/t13-/m1/s1. The monoisotopic (exact) mass is 387 g/mol. The molecular formula is C15H21N3O5S2. The van der Waals surface area contributed by atoms with Crippen LogP contribution in [0.1, 0.15) is 18.9 Å². The van der Waals surface area contributed by atoms with Crippen molar-refractivity contribution in [2.24, 2.45) is 11.0 Å². The Morgan fingerprint density at radius 2 is 1.84 bits per heavy atom. The van der Waals surface area contributed by atoms with E-state index in [1.165, 1.54) is 26.2 Å². The van der Waals surface area contributed by atoms with Gasteiger partial charge in [0.25, 0.3) is 0 Å². The molecule has 1 aromatic carbocycles. The van der Waals surface area contributed by atoms with Crippen LogP contribution in [0, 0.1) is 5.92 Å². The first-order valence-electron chi connectivity index (χ1n) is 7.60. The summed E-state index contributed by atoms with van der Waals surface area (Å²) in [7, 11) is -3.72. The molecule has 2 rings (SSSR count). The highest BCUT2D eigenvalue weighted by Crippen LogP contribution is 2.18. The van der Waals surface area contributed by atoms with Crippen molar-refractivity contribution in [2.75, 3.05) is 25.6 Å². The molecule has 0 unspecified atom stereocenters. The summed E-state index contributed by atoms with van der Waals surface area (Å²) in [6.07, 6.45) is 0.305. The smallest absolute Gasteiger partial charge is 0.244 e. The Labute approximate surface area is 147 Å². The van der Waals surface area contributed by atoms with Gasteiger partial charge in [0.1, 0.15) is 0 Å². The largest absolute Gasteiger partial charge is 0.273 e. The number of carbonyl (C=O) groups is 1. The maximum Gasteiger partial charge on any atom is 0.244 e. The van der Waals surface area contributed by atoms with E-state index in [4.69, 9.17) is 0 Å². The minimum atomic E-state index is -3.50. The molecule has 1 aliphatic rings. The molecule has 1 aliphatic heterocycles. The molecule has 1 heterocycles. The van der Waals surface area contributed by atoms with E-state index in [0.29, 0.717) is 17.7 Å². The molecule has 1 fully saturated rings. The first kappa shape index (κ1) is 19.5. The van der Waals surface area contributed by atoms with E-state index in [1.54, 1.807) is 19.1 Å². The summed E-state index contributed by atoms with van der Waals surface area (Å²) in [5.74, 6) is -1.12. The van der Waals surface area contributed by atoms with Gasteiger partial charge in [0.15, 0.2) is 9.84 Å². The third kappa shape index (κ3) is 4.65. The van der Waals surface area contributed by atoms with E-state index in [-0.39, 0.29) is 16.4 Å². The molecule has 0 saturated carbocycles. The van der Waals surface area contributed by atoms with E-state index >= 15 is 0 Å². The molecule has 0 aliphatic carbocycles. The number of sulfonamides is 1. The Balaban J connectivity index is 2.06. The van der Waals surface area contributed by atoms with Crippen molar-refractivity contribution in [3.05, 3.63) is 29.8 Å². The highest BCUT2D eigenvalue weighted by Gasteiger charge is 2.32. The van der Waals surface area contributed by atoms with Crippen molar-refractivity contribution < 1.29 is 21.6 Å². The molecule has 25 heavy (non-hydrogen) atoms. The van der Waals surface area contributed by atoms with E-state index in [0.717, 1.165) is 4.31 Å². The second kappa shape index (κ2) is 7.22. The van der Waals surface area contributed by atoms with Gasteiger partial charge < -0.3 is 0 Å². The van der Waals surface area contributed by atoms with Crippen LogP contribution in [0.5, 0.6) is 0 Å². The molecule has 1 atom stereocenters. The molecule has 1 aromatic rings. The van der Waals surface area contributed by atoms with Gasteiger partial charge in [-0.1, -0.05) is 12.1 Å². The van der Waals surface area contributed by atoms with Crippen LogP contribution in [0.2, 0.25) is 0 Å². The minimum absolute atomic E-state index is 0.0234. The highest BCUT2D eigenvalue weighted by molar-refractivity contribution is 7.91. The zero-order valence-corrected chi connectivity index (χ0v) is 15.9. The zero-order chi connectivity index (χ0) is 18.8. The number of amides is 1. The van der Waals surface area contributed by atoms with Crippen molar-refractivity contribution >= 4 is 31.5 Å². The number of hydrogen-bond acceptors (Lipinski definition) is 6. The summed E-state index contributed by atoms with van der Waals surface area (Å²) < 4.78 is 48.0. The van der Waals surface area contributed by atoms with Gasteiger partial charge in [-0.05, 0) is 31.0 Å². The Morgan fingerprint density at radius 3 is 2.32 bits per heavy atom. The number of carbonyl (C=O) groups excluding carboxylic acids is 1. The Bertz CT molecular complexity index is 888. The van der Waals surface area contributed by atoms with Crippen molar-refractivity contribution in [1.82, 2.24) is 9.73 Å². The molecular weight excluding hydrogens is 366 g/mol. The fraction of sp³-hybridized carbons (Fsp3) is 0.467. The fourth-order valence-electron chi connectivity index (χ4n) is 2.38. The van der Waals surface area contributed by atoms with Gasteiger partial charge in [-0.3, -0.25) is 4.79 Å². The van der Waals surface area contributed by atoms with E-state index in [1.807, 2.05) is 0 Å². The van der Waals surface area contributed by atoms with Gasteiger partial charge in [0.2, 0.25) is 15.9 Å². The zero-order valence-electron chi connectivity index (χ0n) is 14.3. The molecule has 10 heteroatoms. The number of benzene rings is 1. The number of hydrogen-bond donors (Lipinski definition) is 1. The van der Waals surface area contributed by atoms with E-state index < -0.39 is 31.7 Å². The SMILES string of the molecule is C/C(=N/NC(=O)[C@@H]1CCS(=O)(=O)C1)c1ccc(S(=O)(=O)N(C)C)cc1. The third-order valence-electron chi connectivity index (χ3n) is 3.99. The number of sulfone groups is 1. The van der Waals surface area contributed by atoms with Crippen LogP contribution >= 0.6 is 0 Å². The number of nitrogens with one attached hydrogen (secondary N) is 1. The molecule has 8 nitrogen and oxygen atoms in total. The van der Waals surface area contributed by atoms with Crippen molar-refractivity contribution in [3.63, 3.8) is 0 Å². The van der Waals surface area contributed by atoms with Crippen LogP contribution in [-0.4, -0.2) is 58.4 Å². The second-order valence-electron chi connectivity index (χ2n) is 6.09. The first-order valence-corrected chi connectivity index (χ1v) is 10.9. The van der Waals surface area contributed by atoms with Gasteiger partial charge in [-0.25, -0.2) is 26.6 Å². The van der Waals surface area contributed by atoms with Gasteiger partial charge in [0.05, 0.1) is 28.0 Å². The van der Waals surface area contributed by atoms with Crippen molar-refractivity contribution in [3.8, 4) is 0 Å². The maximum atomic E-state index is 12.0. The fourth-order valence-corrected chi connectivity index (χ4v) is 5.02. The lowest BCUT2D eigenvalue weighted by atomic mass is 10.1. The Morgan fingerprint density at radius 1 is 1.24 bits per heavy atom. The molecule has 0 spiro atoms. The lowest BCUT2D eigenvalue weighted by Gasteiger charge is -2.11. The molecule has 0 bridgehead atoms. The lowest BCUT2D eigenvalue weighted by molar-refractivity contribution is -0.124. The Kier molecular flexibility index (Phi) is 5.65. The normalized spacial score (nSPS) is 20.6. The van der Waals surface area contributed by atoms with Crippen molar-refractivity contribution in [1.29, 1.82) is 0 Å².